The molecule has 0 radical (unpaired) electrons. The van der Waals surface area contributed by atoms with Crippen LogP contribution in [0.5, 0.6) is 0 Å². The third-order valence-electron chi connectivity index (χ3n) is 2.27. The Hall–Kier alpha value is -0.620. The molecule has 0 unspecified atom stereocenters. The van der Waals surface area contributed by atoms with Gasteiger partial charge in [0.2, 0.25) is 10.0 Å². The van der Waals surface area contributed by atoms with Crippen LogP contribution in [-0.2, 0) is 19.6 Å². The molecule has 88 valence electrons. The van der Waals surface area contributed by atoms with Crippen molar-refractivity contribution in [1.29, 1.82) is 0 Å². The molecular weight excluding hydrogens is 218 g/mol. The number of nitrogens with one attached hydrogen (secondary N) is 1. The maximum atomic E-state index is 11.5. The number of sulfonamides is 1. The highest BCUT2D eigenvalue weighted by Gasteiger charge is 2.30. The van der Waals surface area contributed by atoms with E-state index in [0.29, 0.717) is 19.4 Å². The van der Waals surface area contributed by atoms with Crippen LogP contribution >= 0.6 is 0 Å². The molecule has 6 heteroatoms. The Bertz CT molecular complexity index is 312. The number of unbranched alkanes of at least 4 members (excludes halogenated alkanes) is 2. The molecule has 0 aromatic heterocycles. The summed E-state index contributed by atoms with van der Waals surface area (Å²) in [4.78, 5) is 11.0. The van der Waals surface area contributed by atoms with Gasteiger partial charge in [-0.1, -0.05) is 19.8 Å². The average Bonchev–Trinajstić information content (AvgIpc) is 2.51. The number of hydrogen-bond acceptors (Lipinski definition) is 4. The van der Waals surface area contributed by atoms with E-state index in [4.69, 9.17) is 0 Å². The summed E-state index contributed by atoms with van der Waals surface area (Å²) in [6, 6.07) is -0.670. The second kappa shape index (κ2) is 5.46. The van der Waals surface area contributed by atoms with Crippen molar-refractivity contribution in [3.05, 3.63) is 0 Å². The molecule has 1 fully saturated rings. The summed E-state index contributed by atoms with van der Waals surface area (Å²) >= 11 is 0. The van der Waals surface area contributed by atoms with Gasteiger partial charge in [-0.05, 0) is 6.42 Å². The van der Waals surface area contributed by atoms with Crippen molar-refractivity contribution in [3.8, 4) is 0 Å². The minimum absolute atomic E-state index is 0.0879. The normalized spacial score (nSPS) is 21.7. The number of hydrogen-bond donors (Lipinski definition) is 1. The first kappa shape index (κ1) is 12.4. The molecule has 1 heterocycles. The Morgan fingerprint density at radius 2 is 2.20 bits per heavy atom. The monoisotopic (exact) mass is 235 g/mol. The number of rotatable bonds is 6. The van der Waals surface area contributed by atoms with Crippen molar-refractivity contribution in [2.45, 2.75) is 38.6 Å². The zero-order valence-corrected chi connectivity index (χ0v) is 9.68. The molecule has 0 aromatic rings. The molecule has 0 amide bonds. The standard InChI is InChI=1S/C9H17NO4S/c1-2-3-4-7-15(12,13)10-8-5-6-14-9(8)11/h8,10H,2-7H2,1H3/t8-/m1/s1. The fraction of sp³-hybridized carbons (Fsp3) is 0.889. The maximum absolute atomic E-state index is 11.5. The van der Waals surface area contributed by atoms with Gasteiger partial charge in [-0.15, -0.1) is 0 Å². The Labute approximate surface area is 90.2 Å². The third kappa shape index (κ3) is 4.17. The molecule has 1 aliphatic rings. The highest BCUT2D eigenvalue weighted by Crippen LogP contribution is 2.08. The first-order chi connectivity index (χ1) is 7.05. The molecule has 1 rings (SSSR count). The first-order valence-corrected chi connectivity index (χ1v) is 6.87. The third-order valence-corrected chi connectivity index (χ3v) is 3.74. The predicted octanol–water partition coefficient (Wildman–Crippen LogP) is 0.412. The lowest BCUT2D eigenvalue weighted by Gasteiger charge is -2.09. The summed E-state index contributed by atoms with van der Waals surface area (Å²) < 4.78 is 30.0. The number of carbonyl (C=O) groups is 1. The van der Waals surface area contributed by atoms with Gasteiger partial charge >= 0.3 is 5.97 Å². The second-order valence-corrected chi connectivity index (χ2v) is 5.53. The van der Waals surface area contributed by atoms with Crippen LogP contribution < -0.4 is 4.72 Å². The zero-order chi connectivity index (χ0) is 11.3. The highest BCUT2D eigenvalue weighted by molar-refractivity contribution is 7.89. The molecule has 1 aliphatic heterocycles. The van der Waals surface area contributed by atoms with Crippen molar-refractivity contribution < 1.29 is 17.9 Å². The van der Waals surface area contributed by atoms with E-state index >= 15 is 0 Å². The lowest BCUT2D eigenvalue weighted by atomic mass is 10.3. The van der Waals surface area contributed by atoms with E-state index in [1.54, 1.807) is 0 Å². The smallest absolute Gasteiger partial charge is 0.324 e. The van der Waals surface area contributed by atoms with Gasteiger partial charge in [-0.25, -0.2) is 13.1 Å². The largest absolute Gasteiger partial charge is 0.464 e. The minimum atomic E-state index is -3.32. The lowest BCUT2D eigenvalue weighted by Crippen LogP contribution is -2.39. The van der Waals surface area contributed by atoms with Crippen LogP contribution in [0.25, 0.3) is 0 Å². The van der Waals surface area contributed by atoms with Crippen LogP contribution in [-0.4, -0.2) is 32.8 Å². The van der Waals surface area contributed by atoms with Crippen molar-refractivity contribution in [1.82, 2.24) is 4.72 Å². The predicted molar refractivity (Wildman–Crippen MR) is 55.8 cm³/mol. The molecule has 0 spiro atoms. The Morgan fingerprint density at radius 3 is 2.73 bits per heavy atom. The molecule has 0 aliphatic carbocycles. The van der Waals surface area contributed by atoms with Gasteiger partial charge in [0, 0.05) is 6.42 Å². The summed E-state index contributed by atoms with van der Waals surface area (Å²) in [5, 5.41) is 0. The van der Waals surface area contributed by atoms with Crippen LogP contribution in [0.2, 0.25) is 0 Å². The Balaban J connectivity index is 2.38. The summed E-state index contributed by atoms with van der Waals surface area (Å²) in [7, 11) is -3.32. The van der Waals surface area contributed by atoms with E-state index in [0.717, 1.165) is 12.8 Å². The van der Waals surface area contributed by atoms with E-state index in [-0.39, 0.29) is 5.75 Å². The Morgan fingerprint density at radius 1 is 1.47 bits per heavy atom. The number of esters is 1. The highest BCUT2D eigenvalue weighted by atomic mass is 32.2. The number of ether oxygens (including phenoxy) is 1. The maximum Gasteiger partial charge on any atom is 0.324 e. The van der Waals surface area contributed by atoms with Gasteiger partial charge in [0.25, 0.3) is 0 Å². The van der Waals surface area contributed by atoms with Gasteiger partial charge in [-0.2, -0.15) is 0 Å². The second-order valence-electron chi connectivity index (χ2n) is 3.65. The van der Waals surface area contributed by atoms with E-state index in [9.17, 15) is 13.2 Å². The van der Waals surface area contributed by atoms with Gasteiger partial charge in [0.05, 0.1) is 12.4 Å². The van der Waals surface area contributed by atoms with Crippen molar-refractivity contribution in [3.63, 3.8) is 0 Å². The average molecular weight is 235 g/mol. The fourth-order valence-electron chi connectivity index (χ4n) is 1.42. The van der Waals surface area contributed by atoms with E-state index in [1.807, 2.05) is 6.92 Å². The van der Waals surface area contributed by atoms with E-state index < -0.39 is 22.0 Å². The van der Waals surface area contributed by atoms with E-state index in [1.165, 1.54) is 0 Å². The number of carbonyl (C=O) groups excluding carboxylic acids is 1. The molecule has 15 heavy (non-hydrogen) atoms. The summed E-state index contributed by atoms with van der Waals surface area (Å²) in [5.41, 5.74) is 0. The summed E-state index contributed by atoms with van der Waals surface area (Å²) in [5.74, 6) is -0.376. The van der Waals surface area contributed by atoms with Crippen LogP contribution in [0.4, 0.5) is 0 Å². The van der Waals surface area contributed by atoms with Gasteiger partial charge < -0.3 is 4.74 Å². The topological polar surface area (TPSA) is 72.5 Å². The fourth-order valence-corrected chi connectivity index (χ4v) is 2.77. The van der Waals surface area contributed by atoms with Crippen molar-refractivity contribution >= 4 is 16.0 Å². The molecule has 0 saturated carbocycles. The van der Waals surface area contributed by atoms with Gasteiger partial charge in [0.1, 0.15) is 6.04 Å². The van der Waals surface area contributed by atoms with Crippen LogP contribution in [0, 0.1) is 0 Å². The molecule has 5 nitrogen and oxygen atoms in total. The van der Waals surface area contributed by atoms with Crippen molar-refractivity contribution in [2.24, 2.45) is 0 Å². The SMILES string of the molecule is CCCCCS(=O)(=O)N[C@@H]1CCOC1=O. The zero-order valence-electron chi connectivity index (χ0n) is 8.86. The van der Waals surface area contributed by atoms with Crippen molar-refractivity contribution in [2.75, 3.05) is 12.4 Å². The van der Waals surface area contributed by atoms with Crippen LogP contribution in [0.15, 0.2) is 0 Å². The molecule has 0 bridgehead atoms. The minimum Gasteiger partial charge on any atom is -0.464 e. The van der Waals surface area contributed by atoms with Gasteiger partial charge in [0.15, 0.2) is 0 Å². The van der Waals surface area contributed by atoms with Crippen LogP contribution in [0.3, 0.4) is 0 Å². The Kier molecular flexibility index (Phi) is 4.53. The molecule has 1 atom stereocenters. The quantitative estimate of drug-likeness (QED) is 0.534. The molecular formula is C9H17NO4S. The van der Waals surface area contributed by atoms with Crippen LogP contribution in [0.1, 0.15) is 32.6 Å². The number of cyclic esters (lactones) is 1. The molecule has 1 saturated heterocycles. The summed E-state index contributed by atoms with van der Waals surface area (Å²) in [6.45, 7) is 2.31. The first-order valence-electron chi connectivity index (χ1n) is 5.22. The summed E-state index contributed by atoms with van der Waals surface area (Å²) in [6.07, 6.45) is 2.93. The molecule has 1 N–H and O–H groups in total. The molecule has 0 aromatic carbocycles. The van der Waals surface area contributed by atoms with Gasteiger partial charge in [-0.3, -0.25) is 4.79 Å². The van der Waals surface area contributed by atoms with E-state index in [2.05, 4.69) is 9.46 Å². The lowest BCUT2D eigenvalue weighted by molar-refractivity contribution is -0.139.